The van der Waals surface area contributed by atoms with Gasteiger partial charge in [-0.15, -0.1) is 0 Å². The predicted octanol–water partition coefficient (Wildman–Crippen LogP) is 1.98. The molecule has 0 bridgehead atoms. The molecule has 0 saturated heterocycles. The van der Waals surface area contributed by atoms with E-state index in [2.05, 4.69) is 34.6 Å². The van der Waals surface area contributed by atoms with Crippen molar-refractivity contribution in [1.82, 2.24) is 4.90 Å². The summed E-state index contributed by atoms with van der Waals surface area (Å²) in [6.07, 6.45) is -0.275. The summed E-state index contributed by atoms with van der Waals surface area (Å²) in [5.41, 5.74) is 0.0691. The molecule has 0 fully saturated rings. The van der Waals surface area contributed by atoms with E-state index >= 15 is 0 Å². The molecule has 0 aliphatic rings. The van der Waals surface area contributed by atoms with E-state index in [0.29, 0.717) is 0 Å². The molecule has 0 spiro atoms. The number of nitrogens with zero attached hydrogens (tertiary/aromatic N) is 1. The third-order valence-electron chi connectivity index (χ3n) is 3.30. The Morgan fingerprint density at radius 1 is 1.08 bits per heavy atom. The molecule has 0 saturated carbocycles. The number of aliphatic hydroxyl groups excluding tert-OH is 1. The van der Waals surface area contributed by atoms with Crippen LogP contribution in [-0.4, -0.2) is 36.8 Å². The van der Waals surface area contributed by atoms with Gasteiger partial charge in [-0.3, -0.25) is 0 Å². The van der Waals surface area contributed by atoms with Gasteiger partial charge in [-0.2, -0.15) is 0 Å². The smallest absolute Gasteiger partial charge is 0.0722 e. The molecule has 0 aromatic rings. The fraction of sp³-hybridized carbons (Fsp3) is 1.00. The minimum absolute atomic E-state index is 0.0583. The molecule has 2 heteroatoms. The molecular weight excluding hydrogens is 162 g/mol. The van der Waals surface area contributed by atoms with Gasteiger partial charge in [0.15, 0.2) is 0 Å². The summed E-state index contributed by atoms with van der Waals surface area (Å²) < 4.78 is 0. The van der Waals surface area contributed by atoms with E-state index < -0.39 is 0 Å². The fourth-order valence-electron chi connectivity index (χ4n) is 1.07. The Morgan fingerprint density at radius 3 is 1.69 bits per heavy atom. The van der Waals surface area contributed by atoms with Crippen LogP contribution in [0.4, 0.5) is 0 Å². The summed E-state index contributed by atoms with van der Waals surface area (Å²) in [7, 11) is 3.98. The van der Waals surface area contributed by atoms with Gasteiger partial charge in [0.1, 0.15) is 0 Å². The van der Waals surface area contributed by atoms with Crippen LogP contribution < -0.4 is 0 Å². The highest BCUT2D eigenvalue weighted by atomic mass is 16.3. The van der Waals surface area contributed by atoms with Crippen LogP contribution in [0, 0.1) is 10.8 Å². The molecule has 0 aromatic carbocycles. The molecule has 2 nitrogen and oxygen atoms in total. The van der Waals surface area contributed by atoms with Crippen molar-refractivity contribution in [3.05, 3.63) is 0 Å². The van der Waals surface area contributed by atoms with Crippen LogP contribution in [0.1, 0.15) is 34.6 Å². The third kappa shape index (κ3) is 3.28. The van der Waals surface area contributed by atoms with Crippen molar-refractivity contribution < 1.29 is 5.11 Å². The molecule has 1 N–H and O–H groups in total. The van der Waals surface area contributed by atoms with E-state index in [9.17, 15) is 5.11 Å². The van der Waals surface area contributed by atoms with Crippen molar-refractivity contribution >= 4 is 0 Å². The summed E-state index contributed by atoms with van der Waals surface area (Å²) in [6, 6.07) is 0. The number of likely N-dealkylation sites (N-methyl/N-ethyl adjacent to an activating group) is 1. The lowest BCUT2D eigenvalue weighted by molar-refractivity contribution is -0.0385. The molecule has 0 aliphatic carbocycles. The summed E-state index contributed by atoms with van der Waals surface area (Å²) in [6.45, 7) is 11.5. The molecule has 1 unspecified atom stereocenters. The van der Waals surface area contributed by atoms with Crippen molar-refractivity contribution in [1.29, 1.82) is 0 Å². The van der Waals surface area contributed by atoms with Crippen molar-refractivity contribution in [2.24, 2.45) is 10.8 Å². The average molecular weight is 187 g/mol. The maximum atomic E-state index is 10.0. The quantitative estimate of drug-likeness (QED) is 0.730. The zero-order valence-electron chi connectivity index (χ0n) is 10.2. The van der Waals surface area contributed by atoms with Gasteiger partial charge in [0.25, 0.3) is 0 Å². The Morgan fingerprint density at radius 2 is 1.46 bits per heavy atom. The Balaban J connectivity index is 4.45. The largest absolute Gasteiger partial charge is 0.391 e. The van der Waals surface area contributed by atoms with Crippen LogP contribution in [-0.2, 0) is 0 Å². The summed E-state index contributed by atoms with van der Waals surface area (Å²) in [5.74, 6) is 0. The molecule has 13 heavy (non-hydrogen) atoms. The third-order valence-corrected chi connectivity index (χ3v) is 3.30. The second-order valence-corrected chi connectivity index (χ2v) is 5.75. The van der Waals surface area contributed by atoms with Gasteiger partial charge in [0.2, 0.25) is 0 Å². The van der Waals surface area contributed by atoms with Crippen LogP contribution in [0.3, 0.4) is 0 Å². The highest BCUT2D eigenvalue weighted by Gasteiger charge is 2.39. The summed E-state index contributed by atoms with van der Waals surface area (Å²) >= 11 is 0. The SMILES string of the molecule is CN(C)CC(O)C(C)(C)C(C)(C)C. The maximum absolute atomic E-state index is 10.0. The van der Waals surface area contributed by atoms with Crippen molar-refractivity contribution in [3.63, 3.8) is 0 Å². The first kappa shape index (κ1) is 12.9. The van der Waals surface area contributed by atoms with Gasteiger partial charge in [-0.25, -0.2) is 0 Å². The molecule has 0 aromatic heterocycles. The topological polar surface area (TPSA) is 23.5 Å². The van der Waals surface area contributed by atoms with Crippen molar-refractivity contribution in [2.75, 3.05) is 20.6 Å². The standard InChI is InChI=1S/C11H25NO/c1-10(2,3)11(4,5)9(13)8-12(6)7/h9,13H,8H2,1-7H3. The normalized spacial score (nSPS) is 16.4. The Bertz CT molecular complexity index is 156. The first-order chi connectivity index (χ1) is 5.59. The van der Waals surface area contributed by atoms with Gasteiger partial charge in [-0.05, 0) is 24.9 Å². The Kier molecular flexibility index (Phi) is 3.95. The summed E-state index contributed by atoms with van der Waals surface area (Å²) in [4.78, 5) is 2.03. The zero-order chi connectivity index (χ0) is 10.9. The van der Waals surface area contributed by atoms with Crippen LogP contribution in [0.25, 0.3) is 0 Å². The van der Waals surface area contributed by atoms with Crippen molar-refractivity contribution in [3.8, 4) is 0 Å². The second-order valence-electron chi connectivity index (χ2n) is 5.75. The van der Waals surface area contributed by atoms with Gasteiger partial charge >= 0.3 is 0 Å². The predicted molar refractivity (Wildman–Crippen MR) is 57.8 cm³/mol. The van der Waals surface area contributed by atoms with Crippen molar-refractivity contribution in [2.45, 2.75) is 40.7 Å². The summed E-state index contributed by atoms with van der Waals surface area (Å²) in [5, 5.41) is 10.0. The highest BCUT2D eigenvalue weighted by molar-refractivity contribution is 4.89. The fourth-order valence-corrected chi connectivity index (χ4v) is 1.07. The van der Waals surface area contributed by atoms with E-state index in [1.807, 2.05) is 19.0 Å². The van der Waals surface area contributed by atoms with E-state index in [4.69, 9.17) is 0 Å². The molecular formula is C11H25NO. The molecule has 0 amide bonds. The van der Waals surface area contributed by atoms with Crippen LogP contribution in [0.15, 0.2) is 0 Å². The van der Waals surface area contributed by atoms with E-state index in [1.54, 1.807) is 0 Å². The van der Waals surface area contributed by atoms with Gasteiger partial charge < -0.3 is 10.0 Å². The highest BCUT2D eigenvalue weighted by Crippen LogP contribution is 2.40. The second kappa shape index (κ2) is 3.97. The number of rotatable bonds is 3. The monoisotopic (exact) mass is 187 g/mol. The Hall–Kier alpha value is -0.0800. The van der Waals surface area contributed by atoms with E-state index in [1.165, 1.54) is 0 Å². The molecule has 0 radical (unpaired) electrons. The lowest BCUT2D eigenvalue weighted by atomic mass is 9.66. The minimum Gasteiger partial charge on any atom is -0.391 e. The molecule has 0 aliphatic heterocycles. The molecule has 80 valence electrons. The van der Waals surface area contributed by atoms with Gasteiger partial charge in [0.05, 0.1) is 6.10 Å². The van der Waals surface area contributed by atoms with Crippen LogP contribution >= 0.6 is 0 Å². The zero-order valence-corrected chi connectivity index (χ0v) is 10.2. The molecule has 0 heterocycles. The van der Waals surface area contributed by atoms with Gasteiger partial charge in [0, 0.05) is 6.54 Å². The maximum Gasteiger partial charge on any atom is 0.0722 e. The van der Waals surface area contributed by atoms with Crippen LogP contribution in [0.2, 0.25) is 0 Å². The first-order valence-corrected chi connectivity index (χ1v) is 4.92. The Labute approximate surface area is 82.9 Å². The molecule has 1 atom stereocenters. The lowest BCUT2D eigenvalue weighted by Gasteiger charge is -2.43. The number of hydrogen-bond donors (Lipinski definition) is 1. The molecule has 0 rings (SSSR count). The van der Waals surface area contributed by atoms with E-state index in [0.717, 1.165) is 6.54 Å². The van der Waals surface area contributed by atoms with Crippen LogP contribution in [0.5, 0.6) is 0 Å². The van der Waals surface area contributed by atoms with Gasteiger partial charge in [-0.1, -0.05) is 34.6 Å². The van der Waals surface area contributed by atoms with E-state index in [-0.39, 0.29) is 16.9 Å². The minimum atomic E-state index is -0.275. The lowest BCUT2D eigenvalue weighted by Crippen LogP contribution is -2.45. The average Bonchev–Trinajstić information content (AvgIpc) is 1.82. The number of hydrogen-bond acceptors (Lipinski definition) is 2. The first-order valence-electron chi connectivity index (χ1n) is 4.92. The number of aliphatic hydroxyl groups is 1.